The molecule has 29 heavy (non-hydrogen) atoms. The molecule has 7 heteroatoms. The fourth-order valence-corrected chi connectivity index (χ4v) is 3.56. The van der Waals surface area contributed by atoms with Gasteiger partial charge >= 0.3 is 0 Å². The molecule has 0 amide bonds. The number of benzene rings is 2. The van der Waals surface area contributed by atoms with Crippen LogP contribution in [-0.2, 0) is 0 Å². The van der Waals surface area contributed by atoms with Gasteiger partial charge in [-0.25, -0.2) is 4.98 Å². The van der Waals surface area contributed by atoms with E-state index in [-0.39, 0.29) is 0 Å². The minimum atomic E-state index is 0.449. The zero-order valence-electron chi connectivity index (χ0n) is 16.6. The molecule has 0 aliphatic heterocycles. The van der Waals surface area contributed by atoms with Gasteiger partial charge in [-0.15, -0.1) is 11.3 Å². The van der Waals surface area contributed by atoms with Crippen LogP contribution in [0.2, 0.25) is 0 Å². The number of thiazole rings is 1. The van der Waals surface area contributed by atoms with Gasteiger partial charge in [0.2, 0.25) is 0 Å². The van der Waals surface area contributed by atoms with E-state index in [9.17, 15) is 5.26 Å². The van der Waals surface area contributed by atoms with Crippen molar-refractivity contribution in [2.45, 2.75) is 0 Å². The molecule has 0 aliphatic rings. The monoisotopic (exact) mass is 408 g/mol. The average molecular weight is 408 g/mol. The first-order valence-electron chi connectivity index (χ1n) is 8.65. The number of nitrogens with zero attached hydrogens (tertiary/aromatic N) is 2. The lowest BCUT2D eigenvalue weighted by Gasteiger charge is -2.08. The first-order valence-corrected chi connectivity index (χ1v) is 9.53. The Bertz CT molecular complexity index is 1080. The Morgan fingerprint density at radius 3 is 2.34 bits per heavy atom. The van der Waals surface area contributed by atoms with Crippen LogP contribution in [0.4, 0.5) is 0 Å². The number of nitriles is 1. The van der Waals surface area contributed by atoms with Gasteiger partial charge in [0.1, 0.15) is 22.6 Å². The van der Waals surface area contributed by atoms with Gasteiger partial charge in [0.25, 0.3) is 0 Å². The van der Waals surface area contributed by atoms with Crippen molar-refractivity contribution < 1.29 is 18.9 Å². The van der Waals surface area contributed by atoms with Crippen LogP contribution in [0.15, 0.2) is 41.8 Å². The van der Waals surface area contributed by atoms with E-state index in [4.69, 9.17) is 18.9 Å². The topological polar surface area (TPSA) is 73.6 Å². The van der Waals surface area contributed by atoms with Crippen LogP contribution in [-0.4, -0.2) is 33.4 Å². The Morgan fingerprint density at radius 1 is 0.931 bits per heavy atom. The Labute approximate surface area is 173 Å². The number of hydrogen-bond donors (Lipinski definition) is 0. The second-order valence-electron chi connectivity index (χ2n) is 5.89. The van der Waals surface area contributed by atoms with Crippen molar-refractivity contribution in [1.82, 2.24) is 4.98 Å². The molecule has 0 unspecified atom stereocenters. The van der Waals surface area contributed by atoms with Crippen molar-refractivity contribution in [2.24, 2.45) is 0 Å². The van der Waals surface area contributed by atoms with E-state index in [2.05, 4.69) is 11.1 Å². The number of ether oxygens (including phenoxy) is 4. The van der Waals surface area contributed by atoms with Crippen molar-refractivity contribution >= 4 is 23.0 Å². The molecule has 0 radical (unpaired) electrons. The van der Waals surface area contributed by atoms with Gasteiger partial charge in [0.05, 0.1) is 39.7 Å². The summed E-state index contributed by atoms with van der Waals surface area (Å²) in [6, 6.07) is 13.3. The van der Waals surface area contributed by atoms with Gasteiger partial charge in [-0.05, 0) is 36.4 Å². The summed E-state index contributed by atoms with van der Waals surface area (Å²) in [7, 11) is 6.36. The van der Waals surface area contributed by atoms with Crippen LogP contribution >= 0.6 is 11.3 Å². The largest absolute Gasteiger partial charge is 0.497 e. The molecule has 0 bridgehead atoms. The number of aromatic nitrogens is 1. The summed E-state index contributed by atoms with van der Waals surface area (Å²) >= 11 is 1.40. The van der Waals surface area contributed by atoms with Crippen molar-refractivity contribution in [3.63, 3.8) is 0 Å². The predicted molar refractivity (Wildman–Crippen MR) is 114 cm³/mol. The molecule has 2 aromatic carbocycles. The van der Waals surface area contributed by atoms with Gasteiger partial charge < -0.3 is 18.9 Å². The highest BCUT2D eigenvalue weighted by Crippen LogP contribution is 2.34. The minimum Gasteiger partial charge on any atom is -0.497 e. The molecule has 1 aromatic heterocycles. The normalized spacial score (nSPS) is 10.9. The molecule has 3 rings (SSSR count). The first kappa shape index (κ1) is 20.2. The van der Waals surface area contributed by atoms with Crippen molar-refractivity contribution in [3.8, 4) is 40.3 Å². The maximum atomic E-state index is 9.68. The lowest BCUT2D eigenvalue weighted by Crippen LogP contribution is -1.91. The van der Waals surface area contributed by atoms with Crippen LogP contribution in [0.3, 0.4) is 0 Å². The molecule has 0 N–H and O–H groups in total. The van der Waals surface area contributed by atoms with Crippen molar-refractivity contribution in [2.75, 3.05) is 28.4 Å². The van der Waals surface area contributed by atoms with E-state index >= 15 is 0 Å². The molecule has 1 heterocycles. The number of methoxy groups -OCH3 is 4. The quantitative estimate of drug-likeness (QED) is 0.517. The Kier molecular flexibility index (Phi) is 6.37. The molecule has 0 fully saturated rings. The van der Waals surface area contributed by atoms with Gasteiger partial charge in [-0.1, -0.05) is 0 Å². The highest BCUT2D eigenvalue weighted by molar-refractivity contribution is 7.11. The second-order valence-corrected chi connectivity index (χ2v) is 6.74. The fourth-order valence-electron chi connectivity index (χ4n) is 2.76. The van der Waals surface area contributed by atoms with Gasteiger partial charge in [-0.3, -0.25) is 0 Å². The third-order valence-corrected chi connectivity index (χ3v) is 5.15. The second kappa shape index (κ2) is 9.13. The molecule has 0 atom stereocenters. The molecular formula is C22H20N2O4S. The number of hydrogen-bond acceptors (Lipinski definition) is 7. The van der Waals surface area contributed by atoms with E-state index in [1.54, 1.807) is 40.6 Å². The Morgan fingerprint density at radius 2 is 1.69 bits per heavy atom. The SMILES string of the molecule is COc1ccc(C=C(C#N)c2nc(-c3ccc(OC)c(OC)c3)cs2)c(OC)c1. The maximum absolute atomic E-state index is 9.68. The summed E-state index contributed by atoms with van der Waals surface area (Å²) in [4.78, 5) is 4.63. The molecule has 0 saturated heterocycles. The fraction of sp³-hybridized carbons (Fsp3) is 0.182. The molecule has 6 nitrogen and oxygen atoms in total. The van der Waals surface area contributed by atoms with Crippen molar-refractivity contribution in [1.29, 1.82) is 5.26 Å². The average Bonchev–Trinajstić information content (AvgIpc) is 3.26. The summed E-state index contributed by atoms with van der Waals surface area (Å²) in [5.74, 6) is 2.57. The zero-order chi connectivity index (χ0) is 20.8. The van der Waals surface area contributed by atoms with Crippen LogP contribution in [0, 0.1) is 11.3 Å². The molecule has 0 aliphatic carbocycles. The van der Waals surface area contributed by atoms with E-state index in [1.807, 2.05) is 35.7 Å². The summed E-state index contributed by atoms with van der Waals surface area (Å²) in [5.41, 5.74) is 2.86. The van der Waals surface area contributed by atoms with Gasteiger partial charge in [0, 0.05) is 22.6 Å². The van der Waals surface area contributed by atoms with Gasteiger partial charge in [0.15, 0.2) is 11.5 Å². The number of allylic oxidation sites excluding steroid dienone is 1. The molecule has 148 valence electrons. The lowest BCUT2D eigenvalue weighted by atomic mass is 10.1. The van der Waals surface area contributed by atoms with Crippen LogP contribution in [0.25, 0.3) is 22.9 Å². The summed E-state index contributed by atoms with van der Waals surface area (Å²) < 4.78 is 21.3. The predicted octanol–water partition coefficient (Wildman–Crippen LogP) is 4.91. The standard InChI is InChI=1S/C22H20N2O4S/c1-25-17-7-5-15(20(11-17)27-3)9-16(12-23)22-24-18(13-29-22)14-6-8-19(26-2)21(10-14)28-4/h5-11,13H,1-4H3. The summed E-state index contributed by atoms with van der Waals surface area (Å²) in [6.07, 6.45) is 1.76. The smallest absolute Gasteiger partial charge is 0.161 e. The first-order chi connectivity index (χ1) is 14.1. The Balaban J connectivity index is 1.96. The minimum absolute atomic E-state index is 0.449. The number of rotatable bonds is 7. The van der Waals surface area contributed by atoms with Crippen LogP contribution < -0.4 is 18.9 Å². The van der Waals surface area contributed by atoms with Gasteiger partial charge in [-0.2, -0.15) is 5.26 Å². The molecule has 3 aromatic rings. The van der Waals surface area contributed by atoms with E-state index in [1.165, 1.54) is 11.3 Å². The summed E-state index contributed by atoms with van der Waals surface area (Å²) in [5, 5.41) is 12.2. The zero-order valence-corrected chi connectivity index (χ0v) is 17.4. The maximum Gasteiger partial charge on any atom is 0.161 e. The van der Waals surface area contributed by atoms with E-state index in [0.29, 0.717) is 33.6 Å². The molecule has 0 spiro atoms. The van der Waals surface area contributed by atoms with E-state index in [0.717, 1.165) is 16.8 Å². The van der Waals surface area contributed by atoms with E-state index < -0.39 is 0 Å². The summed E-state index contributed by atoms with van der Waals surface area (Å²) in [6.45, 7) is 0. The molecular weight excluding hydrogens is 388 g/mol. The highest BCUT2D eigenvalue weighted by atomic mass is 32.1. The van der Waals surface area contributed by atoms with Crippen molar-refractivity contribution in [3.05, 3.63) is 52.3 Å². The van der Waals surface area contributed by atoms with Crippen LogP contribution in [0.1, 0.15) is 10.6 Å². The lowest BCUT2D eigenvalue weighted by molar-refractivity contribution is 0.355. The molecule has 0 saturated carbocycles. The highest BCUT2D eigenvalue weighted by Gasteiger charge is 2.13. The third-order valence-electron chi connectivity index (χ3n) is 4.27. The third kappa shape index (κ3) is 4.33. The van der Waals surface area contributed by atoms with Crippen LogP contribution in [0.5, 0.6) is 23.0 Å². The Hall–Kier alpha value is -3.50.